The van der Waals surface area contributed by atoms with Crippen LogP contribution in [0.4, 0.5) is 0 Å². The quantitative estimate of drug-likeness (QED) is 0.741. The number of hydrogen-bond donors (Lipinski definition) is 0. The van der Waals surface area contributed by atoms with Gasteiger partial charge in [-0.15, -0.1) is 0 Å². The number of rotatable bonds is 2. The summed E-state index contributed by atoms with van der Waals surface area (Å²) < 4.78 is 1.90. The summed E-state index contributed by atoms with van der Waals surface area (Å²) in [4.78, 5) is 15.1. The smallest absolute Gasteiger partial charge is 0.170 e. The van der Waals surface area contributed by atoms with Gasteiger partial charge < -0.3 is 4.57 Å². The third-order valence-corrected chi connectivity index (χ3v) is 2.99. The van der Waals surface area contributed by atoms with Gasteiger partial charge in [-0.3, -0.25) is 4.79 Å². The van der Waals surface area contributed by atoms with E-state index in [4.69, 9.17) is 0 Å². The van der Waals surface area contributed by atoms with Crippen LogP contribution in [0.15, 0.2) is 18.5 Å². The highest BCUT2D eigenvalue weighted by atomic mass is 16.1. The summed E-state index contributed by atoms with van der Waals surface area (Å²) in [6, 6.07) is 4.26. The highest BCUT2D eigenvalue weighted by molar-refractivity contribution is 5.85. The normalized spacial score (nSPS) is 10.6. The van der Waals surface area contributed by atoms with E-state index in [2.05, 4.69) is 37.9 Å². The van der Waals surface area contributed by atoms with Crippen LogP contribution in [0.1, 0.15) is 27.2 Å². The van der Waals surface area contributed by atoms with Gasteiger partial charge in [-0.2, -0.15) is 0 Å². The predicted octanol–water partition coefficient (Wildman–Crippen LogP) is 2.82. The Morgan fingerprint density at radius 2 is 1.76 bits per heavy atom. The van der Waals surface area contributed by atoms with E-state index in [0.717, 1.165) is 17.5 Å². The topological polar surface area (TPSA) is 34.9 Å². The van der Waals surface area contributed by atoms with Crippen LogP contribution in [-0.4, -0.2) is 15.8 Å². The molecule has 0 unspecified atom stereocenters. The van der Waals surface area contributed by atoms with Gasteiger partial charge in [0, 0.05) is 12.6 Å². The van der Waals surface area contributed by atoms with Crippen LogP contribution in [0, 0.1) is 20.8 Å². The van der Waals surface area contributed by atoms with Crippen molar-refractivity contribution in [1.82, 2.24) is 9.55 Å². The molecule has 2 aromatic rings. The molecule has 0 fully saturated rings. The molecule has 0 bridgehead atoms. The number of aryl methyl sites for hydroxylation is 4. The van der Waals surface area contributed by atoms with Gasteiger partial charge in [-0.25, -0.2) is 4.98 Å². The standard InChI is InChI=1S/C14H16N2O/c1-9-5-10(2)13(11(3)6-9)14-12(7-17)15-8-16(14)4/h5-8H,1-4H3. The summed E-state index contributed by atoms with van der Waals surface area (Å²) in [6.45, 7) is 6.21. The second-order valence-corrected chi connectivity index (χ2v) is 4.48. The van der Waals surface area contributed by atoms with Gasteiger partial charge in [0.2, 0.25) is 0 Å². The third-order valence-electron chi connectivity index (χ3n) is 2.99. The van der Waals surface area contributed by atoms with Gasteiger partial charge in [-0.05, 0) is 31.9 Å². The number of carbonyl (C=O) groups excluding carboxylic acids is 1. The van der Waals surface area contributed by atoms with E-state index in [-0.39, 0.29) is 0 Å². The Hall–Kier alpha value is -1.90. The Bertz CT molecular complexity index is 559. The molecule has 0 spiro atoms. The molecule has 0 saturated carbocycles. The van der Waals surface area contributed by atoms with Gasteiger partial charge in [0.05, 0.1) is 12.0 Å². The zero-order chi connectivity index (χ0) is 12.6. The maximum Gasteiger partial charge on any atom is 0.170 e. The minimum atomic E-state index is 0.502. The monoisotopic (exact) mass is 228 g/mol. The molecule has 0 amide bonds. The Morgan fingerprint density at radius 3 is 2.29 bits per heavy atom. The van der Waals surface area contributed by atoms with E-state index in [9.17, 15) is 4.79 Å². The van der Waals surface area contributed by atoms with Crippen LogP contribution < -0.4 is 0 Å². The first kappa shape index (κ1) is 11.6. The Balaban J connectivity index is 2.76. The van der Waals surface area contributed by atoms with Gasteiger partial charge in [0.1, 0.15) is 5.69 Å². The number of nitrogens with zero attached hydrogens (tertiary/aromatic N) is 2. The maximum atomic E-state index is 11.0. The fourth-order valence-electron chi connectivity index (χ4n) is 2.39. The molecule has 0 N–H and O–H groups in total. The zero-order valence-corrected chi connectivity index (χ0v) is 10.6. The van der Waals surface area contributed by atoms with Crippen LogP contribution in [0.25, 0.3) is 11.3 Å². The van der Waals surface area contributed by atoms with Gasteiger partial charge in [0.15, 0.2) is 6.29 Å². The molecule has 0 saturated heterocycles. The number of aldehydes is 1. The molecule has 0 radical (unpaired) electrons. The number of hydrogen-bond acceptors (Lipinski definition) is 2. The molecule has 1 aromatic heterocycles. The van der Waals surface area contributed by atoms with Crippen molar-refractivity contribution in [2.75, 3.05) is 0 Å². The van der Waals surface area contributed by atoms with Crippen LogP contribution in [0.5, 0.6) is 0 Å². The van der Waals surface area contributed by atoms with E-state index >= 15 is 0 Å². The molecule has 17 heavy (non-hydrogen) atoms. The molecule has 0 aliphatic rings. The van der Waals surface area contributed by atoms with E-state index in [0.29, 0.717) is 5.69 Å². The lowest BCUT2D eigenvalue weighted by Crippen LogP contribution is -1.98. The number of aromatic nitrogens is 2. The van der Waals surface area contributed by atoms with Crippen molar-refractivity contribution < 1.29 is 4.79 Å². The summed E-state index contributed by atoms with van der Waals surface area (Å²) in [6.07, 6.45) is 2.49. The highest BCUT2D eigenvalue weighted by Crippen LogP contribution is 2.29. The van der Waals surface area contributed by atoms with Crippen LogP contribution in [0.3, 0.4) is 0 Å². The van der Waals surface area contributed by atoms with Gasteiger partial charge in [0.25, 0.3) is 0 Å². The largest absolute Gasteiger partial charge is 0.333 e. The SMILES string of the molecule is Cc1cc(C)c(-c2c(C=O)ncn2C)c(C)c1. The van der Waals surface area contributed by atoms with Crippen LogP contribution >= 0.6 is 0 Å². The van der Waals surface area contributed by atoms with Crippen molar-refractivity contribution in [1.29, 1.82) is 0 Å². The van der Waals surface area contributed by atoms with Crippen molar-refractivity contribution in [3.8, 4) is 11.3 Å². The summed E-state index contributed by atoms with van der Waals surface area (Å²) >= 11 is 0. The number of imidazole rings is 1. The summed E-state index contributed by atoms with van der Waals surface area (Å²) in [5.74, 6) is 0. The highest BCUT2D eigenvalue weighted by Gasteiger charge is 2.15. The Morgan fingerprint density at radius 1 is 1.18 bits per heavy atom. The summed E-state index contributed by atoms with van der Waals surface area (Å²) in [5, 5.41) is 0. The molecular formula is C14H16N2O. The van der Waals surface area contributed by atoms with E-state index in [1.165, 1.54) is 16.7 Å². The molecule has 0 aliphatic heterocycles. The maximum absolute atomic E-state index is 11.0. The van der Waals surface area contributed by atoms with E-state index < -0.39 is 0 Å². The van der Waals surface area contributed by atoms with Crippen molar-refractivity contribution in [2.45, 2.75) is 20.8 Å². The van der Waals surface area contributed by atoms with Gasteiger partial charge in [-0.1, -0.05) is 17.7 Å². The Kier molecular flexibility index (Phi) is 2.84. The van der Waals surface area contributed by atoms with Crippen molar-refractivity contribution in [3.05, 3.63) is 40.8 Å². The van der Waals surface area contributed by atoms with Gasteiger partial charge >= 0.3 is 0 Å². The zero-order valence-electron chi connectivity index (χ0n) is 10.6. The predicted molar refractivity (Wildman–Crippen MR) is 68.2 cm³/mol. The van der Waals surface area contributed by atoms with Crippen molar-refractivity contribution >= 4 is 6.29 Å². The van der Waals surface area contributed by atoms with E-state index in [1.54, 1.807) is 6.33 Å². The summed E-state index contributed by atoms with van der Waals surface area (Å²) in [5.41, 5.74) is 6.09. The minimum Gasteiger partial charge on any atom is -0.333 e. The molecule has 3 nitrogen and oxygen atoms in total. The molecule has 1 heterocycles. The second kappa shape index (κ2) is 4.17. The first-order valence-corrected chi connectivity index (χ1v) is 5.59. The molecule has 2 rings (SSSR count). The Labute approximate surface area is 101 Å². The first-order valence-electron chi connectivity index (χ1n) is 5.59. The molecular weight excluding hydrogens is 212 g/mol. The molecule has 1 aromatic carbocycles. The number of carbonyl (C=O) groups is 1. The fourth-order valence-corrected chi connectivity index (χ4v) is 2.39. The molecule has 88 valence electrons. The molecule has 3 heteroatoms. The lowest BCUT2D eigenvalue weighted by molar-refractivity contribution is 0.112. The number of benzene rings is 1. The minimum absolute atomic E-state index is 0.502. The van der Waals surface area contributed by atoms with E-state index in [1.807, 2.05) is 11.6 Å². The molecule has 0 aliphatic carbocycles. The average molecular weight is 228 g/mol. The lowest BCUT2D eigenvalue weighted by atomic mass is 9.96. The van der Waals surface area contributed by atoms with Crippen LogP contribution in [-0.2, 0) is 7.05 Å². The van der Waals surface area contributed by atoms with Crippen molar-refractivity contribution in [2.24, 2.45) is 7.05 Å². The molecule has 0 atom stereocenters. The van der Waals surface area contributed by atoms with Crippen molar-refractivity contribution in [3.63, 3.8) is 0 Å². The first-order chi connectivity index (χ1) is 8.04. The second-order valence-electron chi connectivity index (χ2n) is 4.48. The van der Waals surface area contributed by atoms with Crippen LogP contribution in [0.2, 0.25) is 0 Å². The summed E-state index contributed by atoms with van der Waals surface area (Å²) in [7, 11) is 1.91. The lowest BCUT2D eigenvalue weighted by Gasteiger charge is -2.12. The fraction of sp³-hybridized carbons (Fsp3) is 0.286. The third kappa shape index (κ3) is 1.88. The average Bonchev–Trinajstić information content (AvgIpc) is 2.59.